The van der Waals surface area contributed by atoms with Crippen molar-refractivity contribution in [1.29, 1.82) is 0 Å². The molecule has 0 radical (unpaired) electrons. The Morgan fingerprint density at radius 1 is 1.21 bits per heavy atom. The van der Waals surface area contributed by atoms with Crippen molar-refractivity contribution in [2.45, 2.75) is 12.8 Å². The molecular weight excluding hydrogens is 178 g/mol. The first-order chi connectivity index (χ1) is 6.72. The van der Waals surface area contributed by atoms with Gasteiger partial charge in [-0.2, -0.15) is 0 Å². The molecule has 0 saturated carbocycles. The maximum absolute atomic E-state index is 11.3. The van der Waals surface area contributed by atoms with Crippen LogP contribution in [0.15, 0.2) is 30.3 Å². The third-order valence-corrected chi connectivity index (χ3v) is 1.88. The summed E-state index contributed by atoms with van der Waals surface area (Å²) in [6.45, 7) is 0. The fourth-order valence-corrected chi connectivity index (χ4v) is 1.15. The lowest BCUT2D eigenvalue weighted by Gasteiger charge is -2.00. The first kappa shape index (κ1) is 10.4. The highest BCUT2D eigenvalue weighted by molar-refractivity contribution is 5.98. The molecule has 0 spiro atoms. The molecule has 3 heteroatoms. The number of hydrogen-bond acceptors (Lipinski definition) is 2. The van der Waals surface area contributed by atoms with E-state index in [0.29, 0.717) is 6.42 Å². The van der Waals surface area contributed by atoms with Crippen molar-refractivity contribution in [2.75, 3.05) is 7.05 Å². The summed E-state index contributed by atoms with van der Waals surface area (Å²) < 4.78 is 0. The highest BCUT2D eigenvalue weighted by Gasteiger charge is 2.07. The van der Waals surface area contributed by atoms with Gasteiger partial charge >= 0.3 is 0 Å². The molecule has 1 rings (SSSR count). The fourth-order valence-electron chi connectivity index (χ4n) is 1.15. The summed E-state index contributed by atoms with van der Waals surface area (Å²) in [7, 11) is 1.53. The van der Waals surface area contributed by atoms with E-state index in [0.717, 1.165) is 5.56 Å². The van der Waals surface area contributed by atoms with E-state index in [1.165, 1.54) is 7.05 Å². The molecule has 74 valence electrons. The number of hydrogen-bond donors (Lipinski definition) is 1. The van der Waals surface area contributed by atoms with E-state index in [1.54, 1.807) is 0 Å². The Morgan fingerprint density at radius 2 is 1.86 bits per heavy atom. The fraction of sp³-hybridized carbons (Fsp3) is 0.273. The zero-order chi connectivity index (χ0) is 10.4. The maximum Gasteiger partial charge on any atom is 0.227 e. The van der Waals surface area contributed by atoms with Crippen LogP contribution in [-0.4, -0.2) is 18.7 Å². The minimum absolute atomic E-state index is 0.0363. The molecule has 0 aliphatic carbocycles. The molecule has 0 heterocycles. The molecule has 0 bridgehead atoms. The number of ketones is 1. The average molecular weight is 191 g/mol. The third kappa shape index (κ3) is 3.39. The number of benzene rings is 1. The predicted octanol–water partition coefficient (Wildman–Crippen LogP) is 0.934. The second-order valence-corrected chi connectivity index (χ2v) is 3.05. The topological polar surface area (TPSA) is 46.2 Å². The van der Waals surface area contributed by atoms with Crippen LogP contribution in [0.4, 0.5) is 0 Å². The van der Waals surface area contributed by atoms with Crippen LogP contribution in [0.5, 0.6) is 0 Å². The summed E-state index contributed by atoms with van der Waals surface area (Å²) in [4.78, 5) is 22.2. The number of amides is 1. The average Bonchev–Trinajstić information content (AvgIpc) is 2.19. The summed E-state index contributed by atoms with van der Waals surface area (Å²) in [5, 5.41) is 2.42. The molecule has 1 aromatic carbocycles. The number of Topliss-reactive ketones (excluding diaryl/α,β-unsaturated/α-hetero) is 1. The van der Waals surface area contributed by atoms with Gasteiger partial charge in [-0.1, -0.05) is 30.3 Å². The Kier molecular flexibility index (Phi) is 3.85. The van der Waals surface area contributed by atoms with Gasteiger partial charge in [0.15, 0.2) is 0 Å². The third-order valence-electron chi connectivity index (χ3n) is 1.88. The normalized spacial score (nSPS) is 9.50. The van der Waals surface area contributed by atoms with Gasteiger partial charge in [0, 0.05) is 13.5 Å². The number of nitrogens with one attached hydrogen (secondary N) is 1. The lowest BCUT2D eigenvalue weighted by atomic mass is 10.1. The van der Waals surface area contributed by atoms with Gasteiger partial charge in [-0.15, -0.1) is 0 Å². The summed E-state index contributed by atoms with van der Waals surface area (Å²) >= 11 is 0. The van der Waals surface area contributed by atoms with Crippen molar-refractivity contribution in [1.82, 2.24) is 5.32 Å². The first-order valence-corrected chi connectivity index (χ1v) is 4.48. The molecule has 14 heavy (non-hydrogen) atoms. The standard InChI is InChI=1S/C11H13NO2/c1-12-11(14)8-10(13)7-9-5-3-2-4-6-9/h2-6H,7-8H2,1H3,(H,12,14). The Morgan fingerprint density at radius 3 is 2.43 bits per heavy atom. The Labute approximate surface area is 83.1 Å². The largest absolute Gasteiger partial charge is 0.359 e. The molecule has 0 aliphatic heterocycles. The van der Waals surface area contributed by atoms with Crippen molar-refractivity contribution in [3.05, 3.63) is 35.9 Å². The maximum atomic E-state index is 11.3. The second kappa shape index (κ2) is 5.17. The van der Waals surface area contributed by atoms with Gasteiger partial charge in [-0.05, 0) is 5.56 Å². The zero-order valence-corrected chi connectivity index (χ0v) is 8.12. The van der Waals surface area contributed by atoms with Crippen LogP contribution in [0, 0.1) is 0 Å². The van der Waals surface area contributed by atoms with E-state index < -0.39 is 0 Å². The quantitative estimate of drug-likeness (QED) is 0.720. The van der Waals surface area contributed by atoms with Gasteiger partial charge in [0.25, 0.3) is 0 Å². The second-order valence-electron chi connectivity index (χ2n) is 3.05. The Bertz CT molecular complexity index is 319. The minimum Gasteiger partial charge on any atom is -0.359 e. The van der Waals surface area contributed by atoms with Gasteiger partial charge in [0.2, 0.25) is 5.91 Å². The summed E-state index contributed by atoms with van der Waals surface area (Å²) in [5.74, 6) is -0.290. The van der Waals surface area contributed by atoms with Crippen molar-refractivity contribution in [2.24, 2.45) is 0 Å². The summed E-state index contributed by atoms with van der Waals surface area (Å²) in [6.07, 6.45) is 0.291. The molecule has 0 aliphatic rings. The highest BCUT2D eigenvalue weighted by Crippen LogP contribution is 2.01. The van der Waals surface area contributed by atoms with E-state index in [9.17, 15) is 9.59 Å². The zero-order valence-electron chi connectivity index (χ0n) is 8.12. The molecular formula is C11H13NO2. The van der Waals surface area contributed by atoms with E-state index in [4.69, 9.17) is 0 Å². The molecule has 3 nitrogen and oxygen atoms in total. The van der Waals surface area contributed by atoms with Crippen LogP contribution in [-0.2, 0) is 16.0 Å². The van der Waals surface area contributed by atoms with Crippen LogP contribution in [0.2, 0.25) is 0 Å². The smallest absolute Gasteiger partial charge is 0.227 e. The molecule has 1 N–H and O–H groups in total. The highest BCUT2D eigenvalue weighted by atomic mass is 16.2. The molecule has 1 amide bonds. The molecule has 0 fully saturated rings. The predicted molar refractivity (Wildman–Crippen MR) is 53.8 cm³/mol. The molecule has 0 atom stereocenters. The van der Waals surface area contributed by atoms with Gasteiger partial charge in [-0.3, -0.25) is 9.59 Å². The lowest BCUT2D eigenvalue weighted by molar-refractivity contribution is -0.127. The van der Waals surface area contributed by atoms with Gasteiger partial charge in [0.1, 0.15) is 5.78 Å². The SMILES string of the molecule is CNC(=O)CC(=O)Cc1ccccc1. The van der Waals surface area contributed by atoms with Gasteiger partial charge < -0.3 is 5.32 Å². The van der Waals surface area contributed by atoms with E-state index in [1.807, 2.05) is 30.3 Å². The van der Waals surface area contributed by atoms with Crippen molar-refractivity contribution < 1.29 is 9.59 Å². The van der Waals surface area contributed by atoms with Crippen molar-refractivity contribution >= 4 is 11.7 Å². The number of carbonyl (C=O) groups is 2. The minimum atomic E-state index is -0.231. The van der Waals surface area contributed by atoms with Gasteiger partial charge in [0.05, 0.1) is 6.42 Å². The Balaban J connectivity index is 2.46. The monoisotopic (exact) mass is 191 g/mol. The van der Waals surface area contributed by atoms with E-state index in [2.05, 4.69) is 5.32 Å². The first-order valence-electron chi connectivity index (χ1n) is 4.48. The number of rotatable bonds is 4. The summed E-state index contributed by atoms with van der Waals surface area (Å²) in [6, 6.07) is 9.40. The molecule has 0 saturated heterocycles. The lowest BCUT2D eigenvalue weighted by Crippen LogP contribution is -2.22. The van der Waals surface area contributed by atoms with Crippen LogP contribution in [0.25, 0.3) is 0 Å². The Hall–Kier alpha value is -1.64. The van der Waals surface area contributed by atoms with Crippen LogP contribution in [0.3, 0.4) is 0 Å². The number of carbonyl (C=O) groups excluding carboxylic acids is 2. The van der Waals surface area contributed by atoms with Crippen molar-refractivity contribution in [3.8, 4) is 0 Å². The molecule has 0 unspecified atom stereocenters. The van der Waals surface area contributed by atoms with Gasteiger partial charge in [-0.25, -0.2) is 0 Å². The van der Waals surface area contributed by atoms with Crippen LogP contribution < -0.4 is 5.32 Å². The van der Waals surface area contributed by atoms with E-state index in [-0.39, 0.29) is 18.1 Å². The van der Waals surface area contributed by atoms with Crippen LogP contribution in [0.1, 0.15) is 12.0 Å². The van der Waals surface area contributed by atoms with Crippen LogP contribution >= 0.6 is 0 Å². The molecule has 1 aromatic rings. The molecule has 0 aromatic heterocycles. The summed E-state index contributed by atoms with van der Waals surface area (Å²) in [5.41, 5.74) is 0.946. The van der Waals surface area contributed by atoms with Crippen molar-refractivity contribution in [3.63, 3.8) is 0 Å². The van der Waals surface area contributed by atoms with E-state index >= 15 is 0 Å².